The van der Waals surface area contributed by atoms with E-state index in [1.54, 1.807) is 0 Å². The number of benzene rings is 6. The van der Waals surface area contributed by atoms with Gasteiger partial charge in [0, 0.05) is 33.7 Å². The lowest BCUT2D eigenvalue weighted by Gasteiger charge is -2.11. The molecule has 0 aliphatic rings. The topological polar surface area (TPSA) is 9.86 Å². The highest BCUT2D eigenvalue weighted by Crippen LogP contribution is 2.37. The van der Waals surface area contributed by atoms with Crippen LogP contribution in [0.2, 0.25) is 0 Å². The fourth-order valence-electron chi connectivity index (χ4n) is 5.83. The van der Waals surface area contributed by atoms with Gasteiger partial charge in [-0.05, 0) is 70.1 Å². The molecule has 2 heterocycles. The van der Waals surface area contributed by atoms with Crippen molar-refractivity contribution in [1.29, 1.82) is 0 Å². The monoisotopic (exact) mass is 458 g/mol. The van der Waals surface area contributed by atoms with E-state index < -0.39 is 0 Å². The summed E-state index contributed by atoms with van der Waals surface area (Å²) in [5.74, 6) is 0. The Kier molecular flexibility index (Phi) is 3.97. The molecule has 2 aromatic heterocycles. The van der Waals surface area contributed by atoms with Crippen LogP contribution in [0.15, 0.2) is 134 Å². The zero-order valence-corrected chi connectivity index (χ0v) is 19.6. The maximum absolute atomic E-state index is 2.42. The van der Waals surface area contributed by atoms with Gasteiger partial charge in [-0.15, -0.1) is 0 Å². The normalized spacial score (nSPS) is 11.9. The van der Waals surface area contributed by atoms with Crippen LogP contribution in [0.1, 0.15) is 0 Å². The highest BCUT2D eigenvalue weighted by Gasteiger charge is 2.15. The van der Waals surface area contributed by atoms with Gasteiger partial charge in [0.25, 0.3) is 0 Å². The SMILES string of the molecule is c1ccc(-n2ccc3cc4c5ccccc5n(-c5ccc6c(ccc7ccccc76)c5)c4cc32)cc1. The summed E-state index contributed by atoms with van der Waals surface area (Å²) in [5.41, 5.74) is 6.02. The molecular weight excluding hydrogens is 436 g/mol. The minimum Gasteiger partial charge on any atom is -0.316 e. The summed E-state index contributed by atoms with van der Waals surface area (Å²) in [4.78, 5) is 0. The molecule has 6 aromatic carbocycles. The Balaban J connectivity index is 1.45. The first-order valence-electron chi connectivity index (χ1n) is 12.4. The Hall–Kier alpha value is -4.82. The standard InChI is InChI=1S/C34H22N2/c1-2-9-26(10-3-1)35-19-18-25-21-31-30-12-6-7-13-32(30)36(34(31)22-33(25)35)27-16-17-29-24(20-27)15-14-23-8-4-5-11-28(23)29/h1-22H. The van der Waals surface area contributed by atoms with Crippen molar-refractivity contribution in [2.24, 2.45) is 0 Å². The van der Waals surface area contributed by atoms with Gasteiger partial charge in [0.1, 0.15) is 0 Å². The van der Waals surface area contributed by atoms with Crippen LogP contribution in [0.25, 0.3) is 65.6 Å². The molecule has 0 unspecified atom stereocenters. The number of hydrogen-bond donors (Lipinski definition) is 0. The largest absolute Gasteiger partial charge is 0.316 e. The van der Waals surface area contributed by atoms with Crippen LogP contribution in [0.3, 0.4) is 0 Å². The third-order valence-electron chi connectivity index (χ3n) is 7.50. The van der Waals surface area contributed by atoms with Crippen molar-refractivity contribution in [2.45, 2.75) is 0 Å². The van der Waals surface area contributed by atoms with Gasteiger partial charge in [-0.25, -0.2) is 0 Å². The highest BCUT2D eigenvalue weighted by molar-refractivity contribution is 6.14. The maximum atomic E-state index is 2.42. The molecule has 0 fully saturated rings. The molecule has 0 saturated heterocycles. The molecule has 0 bridgehead atoms. The van der Waals surface area contributed by atoms with Crippen LogP contribution in [-0.4, -0.2) is 9.13 Å². The van der Waals surface area contributed by atoms with Gasteiger partial charge in [0.2, 0.25) is 0 Å². The molecule has 0 aliphatic carbocycles. The van der Waals surface area contributed by atoms with Crippen LogP contribution in [0.5, 0.6) is 0 Å². The number of aromatic nitrogens is 2. The quantitative estimate of drug-likeness (QED) is 0.229. The molecule has 0 aliphatic heterocycles. The van der Waals surface area contributed by atoms with Gasteiger partial charge >= 0.3 is 0 Å². The summed E-state index contributed by atoms with van der Waals surface area (Å²) in [6, 6.07) is 46.2. The van der Waals surface area contributed by atoms with E-state index in [0.717, 1.165) is 0 Å². The molecule has 2 heteroatoms. The van der Waals surface area contributed by atoms with Crippen LogP contribution < -0.4 is 0 Å². The summed E-state index contributed by atoms with van der Waals surface area (Å²) in [6.45, 7) is 0. The van der Waals surface area contributed by atoms with Crippen molar-refractivity contribution in [2.75, 3.05) is 0 Å². The predicted octanol–water partition coefficient (Wildman–Crippen LogP) is 9.03. The number of rotatable bonds is 2. The Morgan fingerprint density at radius 1 is 0.361 bits per heavy atom. The van der Waals surface area contributed by atoms with Crippen molar-refractivity contribution < 1.29 is 0 Å². The predicted molar refractivity (Wildman–Crippen MR) is 153 cm³/mol. The highest BCUT2D eigenvalue weighted by atomic mass is 15.0. The lowest BCUT2D eigenvalue weighted by atomic mass is 10.0. The Bertz CT molecular complexity index is 2090. The molecule has 0 amide bonds. The molecule has 0 N–H and O–H groups in total. The van der Waals surface area contributed by atoms with Gasteiger partial charge in [-0.3, -0.25) is 0 Å². The molecule has 0 radical (unpaired) electrons. The van der Waals surface area contributed by atoms with E-state index in [1.807, 2.05) is 0 Å². The van der Waals surface area contributed by atoms with Gasteiger partial charge < -0.3 is 9.13 Å². The van der Waals surface area contributed by atoms with E-state index in [9.17, 15) is 0 Å². The third kappa shape index (κ3) is 2.73. The molecule has 2 nitrogen and oxygen atoms in total. The second kappa shape index (κ2) is 7.34. The first-order chi connectivity index (χ1) is 17.8. The van der Waals surface area contributed by atoms with Crippen LogP contribution in [0, 0.1) is 0 Å². The van der Waals surface area contributed by atoms with E-state index in [4.69, 9.17) is 0 Å². The zero-order chi connectivity index (χ0) is 23.6. The zero-order valence-electron chi connectivity index (χ0n) is 19.6. The fourth-order valence-corrected chi connectivity index (χ4v) is 5.83. The van der Waals surface area contributed by atoms with Crippen molar-refractivity contribution in [3.63, 3.8) is 0 Å². The summed E-state index contributed by atoms with van der Waals surface area (Å²) in [5, 5.41) is 8.93. The molecule has 0 atom stereocenters. The number of nitrogens with zero attached hydrogens (tertiary/aromatic N) is 2. The molecular formula is C34H22N2. The van der Waals surface area contributed by atoms with E-state index in [-0.39, 0.29) is 0 Å². The lowest BCUT2D eigenvalue weighted by molar-refractivity contribution is 1.13. The Morgan fingerprint density at radius 2 is 1.11 bits per heavy atom. The van der Waals surface area contributed by atoms with E-state index in [2.05, 4.69) is 143 Å². The molecule has 0 spiro atoms. The minimum atomic E-state index is 1.17. The molecule has 0 saturated carbocycles. The van der Waals surface area contributed by atoms with Gasteiger partial charge in [0.15, 0.2) is 0 Å². The average molecular weight is 459 g/mol. The first kappa shape index (κ1) is 19.5. The van der Waals surface area contributed by atoms with Crippen molar-refractivity contribution in [3.8, 4) is 11.4 Å². The smallest absolute Gasteiger partial charge is 0.0562 e. The van der Waals surface area contributed by atoms with E-state index in [0.29, 0.717) is 0 Å². The van der Waals surface area contributed by atoms with Crippen molar-refractivity contribution in [1.82, 2.24) is 9.13 Å². The first-order valence-corrected chi connectivity index (χ1v) is 12.4. The summed E-state index contributed by atoms with van der Waals surface area (Å²) in [6.07, 6.45) is 2.17. The summed E-state index contributed by atoms with van der Waals surface area (Å²) < 4.78 is 4.70. The fraction of sp³-hybridized carbons (Fsp3) is 0. The second-order valence-corrected chi connectivity index (χ2v) is 9.49. The number of fused-ring (bicyclic) bond motifs is 7. The van der Waals surface area contributed by atoms with Crippen molar-refractivity contribution >= 4 is 54.3 Å². The summed E-state index contributed by atoms with van der Waals surface area (Å²) >= 11 is 0. The van der Waals surface area contributed by atoms with Crippen molar-refractivity contribution in [3.05, 3.63) is 134 Å². The minimum absolute atomic E-state index is 1.17. The van der Waals surface area contributed by atoms with Gasteiger partial charge in [-0.1, -0.05) is 78.9 Å². The van der Waals surface area contributed by atoms with Crippen LogP contribution in [0.4, 0.5) is 0 Å². The van der Waals surface area contributed by atoms with E-state index in [1.165, 1.54) is 65.6 Å². The molecule has 8 rings (SSSR count). The lowest BCUT2D eigenvalue weighted by Crippen LogP contribution is -1.95. The Morgan fingerprint density at radius 3 is 2.03 bits per heavy atom. The molecule has 36 heavy (non-hydrogen) atoms. The summed E-state index contributed by atoms with van der Waals surface area (Å²) in [7, 11) is 0. The average Bonchev–Trinajstić information content (AvgIpc) is 3.50. The van der Waals surface area contributed by atoms with Gasteiger partial charge in [0.05, 0.1) is 16.6 Å². The molecule has 8 aromatic rings. The maximum Gasteiger partial charge on any atom is 0.0562 e. The van der Waals surface area contributed by atoms with E-state index >= 15 is 0 Å². The molecule has 168 valence electrons. The van der Waals surface area contributed by atoms with Crippen LogP contribution in [-0.2, 0) is 0 Å². The van der Waals surface area contributed by atoms with Crippen LogP contribution >= 0.6 is 0 Å². The second-order valence-electron chi connectivity index (χ2n) is 9.49. The third-order valence-corrected chi connectivity index (χ3v) is 7.50. The van der Waals surface area contributed by atoms with Gasteiger partial charge in [-0.2, -0.15) is 0 Å². The Labute approximate surface area is 208 Å². The number of hydrogen-bond acceptors (Lipinski definition) is 0. The number of para-hydroxylation sites is 2.